The molecule has 2 aromatic rings. The number of halogens is 2. The number of nitro groups is 1. The van der Waals surface area contributed by atoms with Crippen LogP contribution in [0, 0.1) is 24.0 Å². The van der Waals surface area contributed by atoms with Crippen LogP contribution in [-0.2, 0) is 0 Å². The quantitative estimate of drug-likeness (QED) is 0.507. The van der Waals surface area contributed by atoms with Gasteiger partial charge in [-0.2, -0.15) is 4.98 Å². The van der Waals surface area contributed by atoms with Crippen molar-refractivity contribution in [3.63, 3.8) is 0 Å². The van der Waals surface area contributed by atoms with Gasteiger partial charge in [0.2, 0.25) is 11.1 Å². The second-order valence-corrected chi connectivity index (χ2v) is 5.42. The third kappa shape index (κ3) is 3.05. The summed E-state index contributed by atoms with van der Waals surface area (Å²) in [7, 11) is 0. The van der Waals surface area contributed by atoms with E-state index in [1.807, 2.05) is 26.0 Å². The van der Waals surface area contributed by atoms with Crippen LogP contribution < -0.4 is 5.32 Å². The minimum Gasteiger partial charge on any atom is -0.334 e. The van der Waals surface area contributed by atoms with Gasteiger partial charge in [-0.25, -0.2) is 4.98 Å². The summed E-state index contributed by atoms with van der Waals surface area (Å²) >= 11 is 9.10. The SMILES string of the molecule is Cc1cc(Br)cc(C)c1Nc1nc(Cl)ncc1[N+](=O)[O-]. The summed E-state index contributed by atoms with van der Waals surface area (Å²) in [6.07, 6.45) is 1.08. The fourth-order valence-electron chi connectivity index (χ4n) is 1.81. The van der Waals surface area contributed by atoms with Crippen LogP contribution in [0.3, 0.4) is 0 Å². The lowest BCUT2D eigenvalue weighted by molar-refractivity contribution is -0.384. The number of nitrogens with one attached hydrogen (secondary N) is 1. The Bertz CT molecular complexity index is 670. The number of hydrogen-bond acceptors (Lipinski definition) is 5. The molecule has 1 aromatic heterocycles. The van der Waals surface area contributed by atoms with E-state index in [2.05, 4.69) is 31.2 Å². The van der Waals surface area contributed by atoms with Crippen LogP contribution in [0.15, 0.2) is 22.8 Å². The van der Waals surface area contributed by atoms with Gasteiger partial charge < -0.3 is 5.32 Å². The maximum absolute atomic E-state index is 11.0. The molecule has 0 unspecified atom stereocenters. The van der Waals surface area contributed by atoms with Gasteiger partial charge in [0, 0.05) is 10.2 Å². The first kappa shape index (κ1) is 14.7. The summed E-state index contributed by atoms with van der Waals surface area (Å²) in [4.78, 5) is 17.9. The van der Waals surface area contributed by atoms with Gasteiger partial charge in [0.05, 0.1) is 4.92 Å². The number of aromatic nitrogens is 2. The van der Waals surface area contributed by atoms with Gasteiger partial charge in [0.1, 0.15) is 6.20 Å². The predicted octanol–water partition coefficient (Wildman–Crippen LogP) is 4.16. The molecule has 0 spiro atoms. The minimum atomic E-state index is -0.553. The molecule has 1 aromatic carbocycles. The molecule has 0 radical (unpaired) electrons. The molecule has 0 saturated carbocycles. The Morgan fingerprint density at radius 1 is 1.35 bits per heavy atom. The van der Waals surface area contributed by atoms with E-state index in [0.717, 1.165) is 27.5 Å². The molecule has 0 bridgehead atoms. The highest BCUT2D eigenvalue weighted by Gasteiger charge is 2.18. The minimum absolute atomic E-state index is 0.0504. The summed E-state index contributed by atoms with van der Waals surface area (Å²) in [5.41, 5.74) is 2.39. The zero-order chi connectivity index (χ0) is 14.9. The van der Waals surface area contributed by atoms with E-state index in [0.29, 0.717) is 0 Å². The molecule has 0 amide bonds. The van der Waals surface area contributed by atoms with E-state index >= 15 is 0 Å². The molecule has 0 aliphatic rings. The van der Waals surface area contributed by atoms with Gasteiger partial charge >= 0.3 is 5.69 Å². The monoisotopic (exact) mass is 356 g/mol. The first-order chi connectivity index (χ1) is 9.38. The van der Waals surface area contributed by atoms with Crippen molar-refractivity contribution in [1.82, 2.24) is 9.97 Å². The molecule has 1 N–H and O–H groups in total. The third-order valence-electron chi connectivity index (χ3n) is 2.68. The molecular formula is C12H10BrClN4O2. The Kier molecular flexibility index (Phi) is 4.20. The van der Waals surface area contributed by atoms with Gasteiger partial charge in [-0.3, -0.25) is 10.1 Å². The molecule has 0 atom stereocenters. The molecule has 0 saturated heterocycles. The van der Waals surface area contributed by atoms with E-state index in [9.17, 15) is 10.1 Å². The Hall–Kier alpha value is -1.73. The van der Waals surface area contributed by atoms with Crippen molar-refractivity contribution in [2.45, 2.75) is 13.8 Å². The van der Waals surface area contributed by atoms with E-state index in [1.165, 1.54) is 0 Å². The summed E-state index contributed by atoms with van der Waals surface area (Å²) in [5, 5.41) is 13.9. The number of anilines is 2. The molecule has 0 fully saturated rings. The van der Waals surface area contributed by atoms with Crippen LogP contribution in [0.2, 0.25) is 5.28 Å². The Morgan fingerprint density at radius 3 is 2.50 bits per heavy atom. The maximum atomic E-state index is 11.0. The molecule has 2 rings (SSSR count). The second-order valence-electron chi connectivity index (χ2n) is 4.17. The zero-order valence-electron chi connectivity index (χ0n) is 10.6. The van der Waals surface area contributed by atoms with Crippen molar-refractivity contribution < 1.29 is 4.92 Å². The molecule has 20 heavy (non-hydrogen) atoms. The van der Waals surface area contributed by atoms with Gasteiger partial charge in [-0.15, -0.1) is 0 Å². The summed E-state index contributed by atoms with van der Waals surface area (Å²) in [5.74, 6) is 0.0727. The molecule has 0 aliphatic carbocycles. The molecular weight excluding hydrogens is 348 g/mol. The number of benzene rings is 1. The lowest BCUT2D eigenvalue weighted by Gasteiger charge is -2.12. The normalized spacial score (nSPS) is 10.4. The molecule has 104 valence electrons. The fraction of sp³-hybridized carbons (Fsp3) is 0.167. The van der Waals surface area contributed by atoms with Gasteiger partial charge in [0.15, 0.2) is 0 Å². The van der Waals surface area contributed by atoms with Crippen molar-refractivity contribution in [1.29, 1.82) is 0 Å². The van der Waals surface area contributed by atoms with Crippen LogP contribution in [-0.4, -0.2) is 14.9 Å². The van der Waals surface area contributed by atoms with Crippen molar-refractivity contribution in [3.05, 3.63) is 49.3 Å². The number of nitrogens with zero attached hydrogens (tertiary/aromatic N) is 3. The first-order valence-corrected chi connectivity index (χ1v) is 6.76. The molecule has 1 heterocycles. The maximum Gasteiger partial charge on any atom is 0.329 e. The topological polar surface area (TPSA) is 81.0 Å². The second kappa shape index (κ2) is 5.72. The fourth-order valence-corrected chi connectivity index (χ4v) is 2.63. The summed E-state index contributed by atoms with van der Waals surface area (Å²) in [6, 6.07) is 3.81. The summed E-state index contributed by atoms with van der Waals surface area (Å²) < 4.78 is 0.938. The van der Waals surface area contributed by atoms with E-state index in [-0.39, 0.29) is 16.8 Å². The first-order valence-electron chi connectivity index (χ1n) is 5.59. The highest BCUT2D eigenvalue weighted by atomic mass is 79.9. The number of aryl methyl sites for hydroxylation is 2. The van der Waals surface area contributed by atoms with Crippen LogP contribution >= 0.6 is 27.5 Å². The number of rotatable bonds is 3. The van der Waals surface area contributed by atoms with Crippen LogP contribution in [0.25, 0.3) is 0 Å². The molecule has 6 nitrogen and oxygen atoms in total. The average molecular weight is 358 g/mol. The Balaban J connectivity index is 2.50. The van der Waals surface area contributed by atoms with E-state index < -0.39 is 4.92 Å². The Morgan fingerprint density at radius 2 is 1.95 bits per heavy atom. The standard InChI is InChI=1S/C12H10BrClN4O2/c1-6-3-8(13)4-7(2)10(6)16-11-9(18(19)20)5-15-12(14)17-11/h3-5H,1-2H3,(H,15,16,17). The van der Waals surface area contributed by atoms with Crippen LogP contribution in [0.4, 0.5) is 17.2 Å². The van der Waals surface area contributed by atoms with Gasteiger partial charge in [-0.1, -0.05) is 15.9 Å². The highest BCUT2D eigenvalue weighted by molar-refractivity contribution is 9.10. The zero-order valence-corrected chi connectivity index (χ0v) is 13.0. The predicted molar refractivity (Wildman–Crippen MR) is 80.6 cm³/mol. The Labute approximate surface area is 128 Å². The largest absolute Gasteiger partial charge is 0.334 e. The molecule has 8 heteroatoms. The van der Waals surface area contributed by atoms with Crippen molar-refractivity contribution >= 4 is 44.7 Å². The van der Waals surface area contributed by atoms with Crippen molar-refractivity contribution in [2.24, 2.45) is 0 Å². The van der Waals surface area contributed by atoms with E-state index in [4.69, 9.17) is 11.6 Å². The van der Waals surface area contributed by atoms with Crippen LogP contribution in [0.1, 0.15) is 11.1 Å². The third-order valence-corrected chi connectivity index (χ3v) is 3.32. The van der Waals surface area contributed by atoms with Gasteiger partial charge in [0.25, 0.3) is 0 Å². The lowest BCUT2D eigenvalue weighted by atomic mass is 10.1. The molecule has 0 aliphatic heterocycles. The smallest absolute Gasteiger partial charge is 0.329 e. The average Bonchev–Trinajstić information content (AvgIpc) is 2.33. The highest BCUT2D eigenvalue weighted by Crippen LogP contribution is 2.31. The lowest BCUT2D eigenvalue weighted by Crippen LogP contribution is -2.03. The summed E-state index contributed by atoms with van der Waals surface area (Å²) in [6.45, 7) is 3.80. The van der Waals surface area contributed by atoms with Crippen molar-refractivity contribution in [3.8, 4) is 0 Å². The number of hydrogen-bond donors (Lipinski definition) is 1. The van der Waals surface area contributed by atoms with Gasteiger partial charge in [-0.05, 0) is 48.7 Å². The van der Waals surface area contributed by atoms with E-state index in [1.54, 1.807) is 0 Å². The van der Waals surface area contributed by atoms with Crippen LogP contribution in [0.5, 0.6) is 0 Å². The van der Waals surface area contributed by atoms with Crippen molar-refractivity contribution in [2.75, 3.05) is 5.32 Å².